The standard InChI is InChI=1S/C14H15NO2S/c1-17-13(12-7-8-18-10-12)9-15-14(16)11-5-3-2-4-6-11/h2-8,10,13H,9H2,1H3,(H,15,16). The minimum atomic E-state index is -0.0936. The highest BCUT2D eigenvalue weighted by molar-refractivity contribution is 7.07. The normalized spacial score (nSPS) is 12.1. The second kappa shape index (κ2) is 6.33. The highest BCUT2D eigenvalue weighted by atomic mass is 32.1. The van der Waals surface area contributed by atoms with Gasteiger partial charge >= 0.3 is 0 Å². The summed E-state index contributed by atoms with van der Waals surface area (Å²) in [7, 11) is 1.65. The van der Waals surface area contributed by atoms with Gasteiger partial charge in [0.2, 0.25) is 0 Å². The fourth-order valence-electron chi connectivity index (χ4n) is 1.67. The van der Waals surface area contributed by atoms with Crippen molar-refractivity contribution in [3.63, 3.8) is 0 Å². The summed E-state index contributed by atoms with van der Waals surface area (Å²) in [6, 6.07) is 11.2. The van der Waals surface area contributed by atoms with Crippen LogP contribution in [0.5, 0.6) is 0 Å². The molecule has 0 radical (unpaired) electrons. The highest BCUT2D eigenvalue weighted by Gasteiger charge is 2.12. The quantitative estimate of drug-likeness (QED) is 0.898. The van der Waals surface area contributed by atoms with E-state index in [4.69, 9.17) is 4.74 Å². The molecule has 0 aliphatic carbocycles. The van der Waals surface area contributed by atoms with Crippen LogP contribution in [-0.2, 0) is 4.74 Å². The van der Waals surface area contributed by atoms with Gasteiger partial charge in [0.05, 0.1) is 0 Å². The zero-order chi connectivity index (χ0) is 12.8. The van der Waals surface area contributed by atoms with Crippen LogP contribution in [0.2, 0.25) is 0 Å². The average Bonchev–Trinajstić information content (AvgIpc) is 2.94. The third kappa shape index (κ3) is 3.18. The number of methoxy groups -OCH3 is 1. The molecule has 18 heavy (non-hydrogen) atoms. The molecule has 0 aliphatic rings. The average molecular weight is 261 g/mol. The van der Waals surface area contributed by atoms with Crippen molar-refractivity contribution in [3.8, 4) is 0 Å². The van der Waals surface area contributed by atoms with E-state index >= 15 is 0 Å². The molecule has 2 aromatic rings. The van der Waals surface area contributed by atoms with Gasteiger partial charge in [0.1, 0.15) is 6.10 Å². The fraction of sp³-hybridized carbons (Fsp3) is 0.214. The number of ether oxygens (including phenoxy) is 1. The third-order valence-electron chi connectivity index (χ3n) is 2.68. The lowest BCUT2D eigenvalue weighted by Gasteiger charge is -2.14. The van der Waals surface area contributed by atoms with Gasteiger partial charge in [-0.1, -0.05) is 18.2 Å². The molecule has 0 saturated heterocycles. The zero-order valence-electron chi connectivity index (χ0n) is 10.1. The topological polar surface area (TPSA) is 38.3 Å². The van der Waals surface area contributed by atoms with Crippen LogP contribution >= 0.6 is 11.3 Å². The lowest BCUT2D eigenvalue weighted by molar-refractivity contribution is 0.0829. The van der Waals surface area contributed by atoms with Gasteiger partial charge < -0.3 is 10.1 Å². The molecule has 0 aliphatic heterocycles. The van der Waals surface area contributed by atoms with Crippen LogP contribution in [-0.4, -0.2) is 19.6 Å². The van der Waals surface area contributed by atoms with Crippen LogP contribution < -0.4 is 5.32 Å². The van der Waals surface area contributed by atoms with Gasteiger partial charge in [0.25, 0.3) is 5.91 Å². The summed E-state index contributed by atoms with van der Waals surface area (Å²) >= 11 is 1.62. The number of carbonyl (C=O) groups is 1. The first-order valence-corrected chi connectivity index (χ1v) is 6.63. The summed E-state index contributed by atoms with van der Waals surface area (Å²) in [4.78, 5) is 11.9. The number of hydrogen-bond acceptors (Lipinski definition) is 3. The van der Waals surface area contributed by atoms with Gasteiger partial charge in [0, 0.05) is 19.2 Å². The van der Waals surface area contributed by atoms with Crippen LogP contribution in [0.4, 0.5) is 0 Å². The van der Waals surface area contributed by atoms with E-state index in [1.807, 2.05) is 35.0 Å². The molecule has 1 unspecified atom stereocenters. The number of rotatable bonds is 5. The van der Waals surface area contributed by atoms with Crippen molar-refractivity contribution in [1.29, 1.82) is 0 Å². The summed E-state index contributed by atoms with van der Waals surface area (Å²) in [5, 5.41) is 6.91. The lowest BCUT2D eigenvalue weighted by Crippen LogP contribution is -2.28. The summed E-state index contributed by atoms with van der Waals surface area (Å²) < 4.78 is 5.37. The van der Waals surface area contributed by atoms with Gasteiger partial charge in [0.15, 0.2) is 0 Å². The van der Waals surface area contributed by atoms with E-state index in [-0.39, 0.29) is 12.0 Å². The zero-order valence-corrected chi connectivity index (χ0v) is 10.9. The predicted octanol–water partition coefficient (Wildman–Crippen LogP) is 2.87. The monoisotopic (exact) mass is 261 g/mol. The summed E-state index contributed by atoms with van der Waals surface area (Å²) in [5.74, 6) is -0.0760. The Morgan fingerprint density at radius 2 is 2.11 bits per heavy atom. The Labute approximate surface area is 110 Å². The maximum Gasteiger partial charge on any atom is 0.251 e. The summed E-state index contributed by atoms with van der Waals surface area (Å²) in [5.41, 5.74) is 1.76. The van der Waals surface area contributed by atoms with Crippen LogP contribution in [0, 0.1) is 0 Å². The van der Waals surface area contributed by atoms with Gasteiger partial charge in [-0.05, 0) is 34.5 Å². The summed E-state index contributed by atoms with van der Waals surface area (Å²) in [6.07, 6.45) is -0.0936. The van der Waals surface area contributed by atoms with Crippen molar-refractivity contribution in [2.24, 2.45) is 0 Å². The minimum Gasteiger partial charge on any atom is -0.375 e. The molecular weight excluding hydrogens is 246 g/mol. The van der Waals surface area contributed by atoms with Crippen LogP contribution in [0.3, 0.4) is 0 Å². The molecule has 2 rings (SSSR count). The number of hydrogen-bond donors (Lipinski definition) is 1. The number of nitrogens with one attached hydrogen (secondary N) is 1. The molecule has 1 heterocycles. The maximum absolute atomic E-state index is 11.9. The van der Waals surface area contributed by atoms with Crippen molar-refractivity contribution in [3.05, 3.63) is 58.3 Å². The number of benzene rings is 1. The highest BCUT2D eigenvalue weighted by Crippen LogP contribution is 2.18. The second-order valence-corrected chi connectivity index (χ2v) is 4.64. The van der Waals surface area contributed by atoms with E-state index < -0.39 is 0 Å². The molecule has 3 nitrogen and oxygen atoms in total. The Hall–Kier alpha value is -1.65. The molecule has 94 valence electrons. The van der Waals surface area contributed by atoms with E-state index in [0.29, 0.717) is 12.1 Å². The molecule has 1 amide bonds. The number of thiophene rings is 1. The lowest BCUT2D eigenvalue weighted by atomic mass is 10.2. The van der Waals surface area contributed by atoms with E-state index in [2.05, 4.69) is 5.32 Å². The van der Waals surface area contributed by atoms with Crippen molar-refractivity contribution < 1.29 is 9.53 Å². The van der Waals surface area contributed by atoms with E-state index in [9.17, 15) is 4.79 Å². The molecule has 1 aromatic carbocycles. The molecule has 4 heteroatoms. The molecule has 0 saturated carbocycles. The molecular formula is C14H15NO2S. The molecule has 0 spiro atoms. The van der Waals surface area contributed by atoms with Crippen LogP contribution in [0.25, 0.3) is 0 Å². The third-order valence-corrected chi connectivity index (χ3v) is 3.38. The molecule has 0 fully saturated rings. The Bertz CT molecular complexity index is 482. The minimum absolute atomic E-state index is 0.0760. The first kappa shape index (κ1) is 12.8. The Balaban J connectivity index is 1.93. The number of amides is 1. The van der Waals surface area contributed by atoms with Crippen molar-refractivity contribution in [2.75, 3.05) is 13.7 Å². The van der Waals surface area contributed by atoms with Crippen LogP contribution in [0.1, 0.15) is 22.0 Å². The van der Waals surface area contributed by atoms with Gasteiger partial charge in [-0.25, -0.2) is 0 Å². The van der Waals surface area contributed by atoms with E-state index in [1.54, 1.807) is 30.6 Å². The first-order valence-electron chi connectivity index (χ1n) is 5.69. The van der Waals surface area contributed by atoms with E-state index in [0.717, 1.165) is 5.56 Å². The fourth-order valence-corrected chi connectivity index (χ4v) is 2.37. The SMILES string of the molecule is COC(CNC(=O)c1ccccc1)c1ccsc1. The maximum atomic E-state index is 11.9. The summed E-state index contributed by atoms with van der Waals surface area (Å²) in [6.45, 7) is 0.473. The van der Waals surface area contributed by atoms with Gasteiger partial charge in [-0.3, -0.25) is 4.79 Å². The van der Waals surface area contributed by atoms with Crippen molar-refractivity contribution in [1.82, 2.24) is 5.32 Å². The van der Waals surface area contributed by atoms with Crippen LogP contribution in [0.15, 0.2) is 47.2 Å². The molecule has 1 aromatic heterocycles. The van der Waals surface area contributed by atoms with Crippen molar-refractivity contribution >= 4 is 17.2 Å². The van der Waals surface area contributed by atoms with Crippen molar-refractivity contribution in [2.45, 2.75) is 6.10 Å². The first-order chi connectivity index (χ1) is 8.81. The Morgan fingerprint density at radius 1 is 1.33 bits per heavy atom. The second-order valence-electron chi connectivity index (χ2n) is 3.86. The predicted molar refractivity (Wildman–Crippen MR) is 72.8 cm³/mol. The Kier molecular flexibility index (Phi) is 4.50. The largest absolute Gasteiger partial charge is 0.375 e. The number of carbonyl (C=O) groups excluding carboxylic acids is 1. The Morgan fingerprint density at radius 3 is 2.72 bits per heavy atom. The molecule has 1 N–H and O–H groups in total. The molecule has 0 bridgehead atoms. The van der Waals surface area contributed by atoms with E-state index in [1.165, 1.54) is 0 Å². The van der Waals surface area contributed by atoms with Gasteiger partial charge in [-0.2, -0.15) is 11.3 Å². The smallest absolute Gasteiger partial charge is 0.251 e. The van der Waals surface area contributed by atoms with Gasteiger partial charge in [-0.15, -0.1) is 0 Å². The molecule has 1 atom stereocenters.